The summed E-state index contributed by atoms with van der Waals surface area (Å²) in [4.78, 5) is 5.68. The van der Waals surface area contributed by atoms with E-state index in [2.05, 4.69) is 37.5 Å². The molecule has 0 saturated heterocycles. The van der Waals surface area contributed by atoms with Crippen LogP contribution in [0, 0.1) is 0 Å². The lowest BCUT2D eigenvalue weighted by Gasteiger charge is -2.28. The molecule has 0 rings (SSSR count). The largest absolute Gasteiger partial charge is 0.302 e. The molecule has 0 aliphatic rings. The van der Waals surface area contributed by atoms with Crippen molar-refractivity contribution in [2.75, 3.05) is 39.3 Å². The molecule has 0 fully saturated rings. The van der Waals surface area contributed by atoms with Crippen LogP contribution in [0.2, 0.25) is 0 Å². The van der Waals surface area contributed by atoms with Gasteiger partial charge in [0.05, 0.1) is 0 Å². The van der Waals surface area contributed by atoms with Gasteiger partial charge in [-0.05, 0) is 51.9 Å². The van der Waals surface area contributed by atoms with Crippen LogP contribution in [-0.4, -0.2) is 49.1 Å². The Bertz CT molecular complexity index is 322. The van der Waals surface area contributed by atoms with Crippen LogP contribution < -0.4 is 0 Å². The number of hydrogen-bond donors (Lipinski definition) is 0. The zero-order valence-corrected chi connectivity index (χ0v) is 27.3. The van der Waals surface area contributed by atoms with Crippen LogP contribution in [0.25, 0.3) is 0 Å². The smallest absolute Gasteiger partial charge is 0.0109 e. The van der Waals surface area contributed by atoms with Crippen LogP contribution in [0.3, 0.4) is 0 Å². The fourth-order valence-corrected chi connectivity index (χ4v) is 5.42. The van der Waals surface area contributed by atoms with Gasteiger partial charge in [0.2, 0.25) is 0 Å². The van der Waals surface area contributed by atoms with Crippen molar-refractivity contribution in [1.82, 2.24) is 9.80 Å². The molecule has 0 saturated carbocycles. The fourth-order valence-electron chi connectivity index (χ4n) is 5.42. The molecule has 3 heteroatoms. The van der Waals surface area contributed by atoms with Gasteiger partial charge in [0, 0.05) is 13.1 Å². The van der Waals surface area contributed by atoms with E-state index in [1.165, 1.54) is 193 Å². The lowest BCUT2D eigenvalue weighted by Crippen LogP contribution is -2.37. The van der Waals surface area contributed by atoms with Gasteiger partial charge in [0.1, 0.15) is 0 Å². The van der Waals surface area contributed by atoms with Gasteiger partial charge in [-0.2, -0.15) is 0 Å². The normalized spacial score (nSPS) is 11.5. The molecule has 0 aliphatic heterocycles. The van der Waals surface area contributed by atoms with Crippen LogP contribution in [0.15, 0.2) is 0 Å². The maximum atomic E-state index is 2.84. The Hall–Kier alpha value is 0.210. The Morgan fingerprint density at radius 2 is 0.432 bits per heavy atom. The summed E-state index contributed by atoms with van der Waals surface area (Å²) in [5.74, 6) is 0. The highest BCUT2D eigenvalue weighted by molar-refractivity contribution is 5.85. The highest BCUT2D eigenvalue weighted by Crippen LogP contribution is 2.12. The van der Waals surface area contributed by atoms with Crippen molar-refractivity contribution < 1.29 is 0 Å². The first-order valence-electron chi connectivity index (χ1n) is 17.2. The van der Waals surface area contributed by atoms with Gasteiger partial charge in [-0.1, -0.05) is 156 Å². The molecule has 0 aliphatic carbocycles. The molecular weight excluding hydrogens is 472 g/mol. The maximum absolute atomic E-state index is 2.84. The summed E-state index contributed by atoms with van der Waals surface area (Å²) < 4.78 is 0. The van der Waals surface area contributed by atoms with Gasteiger partial charge in [0.15, 0.2) is 0 Å². The van der Waals surface area contributed by atoms with E-state index < -0.39 is 0 Å². The Kier molecular flexibility index (Phi) is 36.4. The molecule has 0 amide bonds. The minimum absolute atomic E-state index is 0. The first-order chi connectivity index (χ1) is 17.8. The third-order valence-corrected chi connectivity index (χ3v) is 8.04. The summed E-state index contributed by atoms with van der Waals surface area (Å²) in [5, 5.41) is 0. The third kappa shape index (κ3) is 30.6. The molecule has 0 aromatic heterocycles. The summed E-state index contributed by atoms with van der Waals surface area (Å²) in [5.41, 5.74) is 0. The minimum atomic E-state index is 0. The number of unbranched alkanes of at least 4 members (excludes halogenated alkanes) is 20. The van der Waals surface area contributed by atoms with Gasteiger partial charge in [0.25, 0.3) is 0 Å². The second-order valence-corrected chi connectivity index (χ2v) is 11.8. The Labute approximate surface area is 242 Å². The average Bonchev–Trinajstić information content (AvgIpc) is 2.89. The Morgan fingerprint density at radius 1 is 0.243 bits per heavy atom. The second-order valence-electron chi connectivity index (χ2n) is 11.8. The molecule has 0 spiro atoms. The first kappa shape index (κ1) is 39.4. The minimum Gasteiger partial charge on any atom is -0.302 e. The molecule has 0 heterocycles. The lowest BCUT2D eigenvalue weighted by molar-refractivity contribution is 0.192. The van der Waals surface area contributed by atoms with Crippen LogP contribution >= 0.6 is 12.4 Å². The summed E-state index contributed by atoms with van der Waals surface area (Å²) in [6, 6.07) is 0. The Morgan fingerprint density at radius 3 is 0.649 bits per heavy atom. The van der Waals surface area contributed by atoms with Crippen molar-refractivity contribution in [2.45, 2.75) is 182 Å². The quantitative estimate of drug-likeness (QED) is 0.0800. The van der Waals surface area contributed by atoms with Crippen LogP contribution in [0.4, 0.5) is 0 Å². The van der Waals surface area contributed by atoms with E-state index in [-0.39, 0.29) is 12.4 Å². The zero-order valence-electron chi connectivity index (χ0n) is 26.5. The van der Waals surface area contributed by atoms with Crippen LogP contribution in [0.1, 0.15) is 182 Å². The molecule has 37 heavy (non-hydrogen) atoms. The van der Waals surface area contributed by atoms with Crippen molar-refractivity contribution in [3.8, 4) is 0 Å². The third-order valence-electron chi connectivity index (χ3n) is 8.04. The van der Waals surface area contributed by atoms with E-state index in [9.17, 15) is 0 Å². The highest BCUT2D eigenvalue weighted by atomic mass is 35.5. The molecule has 0 N–H and O–H groups in total. The standard InChI is InChI=1S/C34H72N2.ClH/c1-5-9-13-17-21-25-29-35(30-26-22-18-14-10-6-2)33-34-36(31-27-23-19-15-11-7-3)32-28-24-20-16-12-8-4;/h5-34H2,1-4H3;1H. The number of halogens is 1. The maximum Gasteiger partial charge on any atom is 0.0109 e. The van der Waals surface area contributed by atoms with Gasteiger partial charge >= 0.3 is 0 Å². The van der Waals surface area contributed by atoms with Crippen molar-refractivity contribution in [1.29, 1.82) is 0 Å². The predicted octanol–water partition coefficient (Wildman–Crippen LogP) is 11.5. The summed E-state index contributed by atoms with van der Waals surface area (Å²) in [6.07, 6.45) is 34.1. The lowest BCUT2D eigenvalue weighted by atomic mass is 10.1. The molecule has 0 unspecified atom stereocenters. The fraction of sp³-hybridized carbons (Fsp3) is 1.00. The molecule has 0 bridgehead atoms. The molecule has 0 aromatic rings. The molecule has 0 aromatic carbocycles. The zero-order chi connectivity index (χ0) is 26.4. The average molecular weight is 545 g/mol. The second kappa shape index (κ2) is 34.2. The molecular formula is C34H73ClN2. The van der Waals surface area contributed by atoms with Gasteiger partial charge in [-0.25, -0.2) is 0 Å². The van der Waals surface area contributed by atoms with Crippen molar-refractivity contribution in [3.05, 3.63) is 0 Å². The highest BCUT2D eigenvalue weighted by Gasteiger charge is 2.10. The van der Waals surface area contributed by atoms with Crippen molar-refractivity contribution in [2.24, 2.45) is 0 Å². The van der Waals surface area contributed by atoms with E-state index in [1.807, 2.05) is 0 Å². The van der Waals surface area contributed by atoms with E-state index in [4.69, 9.17) is 0 Å². The van der Waals surface area contributed by atoms with Gasteiger partial charge < -0.3 is 9.80 Å². The predicted molar refractivity (Wildman–Crippen MR) is 174 cm³/mol. The van der Waals surface area contributed by atoms with Crippen molar-refractivity contribution in [3.63, 3.8) is 0 Å². The van der Waals surface area contributed by atoms with E-state index in [0.717, 1.165) is 0 Å². The Balaban J connectivity index is 0. The summed E-state index contributed by atoms with van der Waals surface area (Å²) in [7, 11) is 0. The van der Waals surface area contributed by atoms with Crippen LogP contribution in [0.5, 0.6) is 0 Å². The molecule has 0 atom stereocenters. The number of hydrogen-bond acceptors (Lipinski definition) is 2. The molecule has 226 valence electrons. The van der Waals surface area contributed by atoms with Gasteiger partial charge in [-0.3, -0.25) is 0 Å². The van der Waals surface area contributed by atoms with Crippen LogP contribution in [-0.2, 0) is 0 Å². The SMILES string of the molecule is CCCCCCCCN(CCCCCCCC)CCN(CCCCCCCC)CCCCCCCC.Cl. The van der Waals surface area contributed by atoms with E-state index in [0.29, 0.717) is 0 Å². The van der Waals surface area contributed by atoms with E-state index in [1.54, 1.807) is 0 Å². The molecule has 2 nitrogen and oxygen atoms in total. The van der Waals surface area contributed by atoms with Crippen molar-refractivity contribution >= 4 is 12.4 Å². The summed E-state index contributed by atoms with van der Waals surface area (Å²) >= 11 is 0. The topological polar surface area (TPSA) is 6.48 Å². The number of rotatable bonds is 31. The number of nitrogens with zero attached hydrogens (tertiary/aromatic N) is 2. The first-order valence-corrected chi connectivity index (χ1v) is 17.2. The van der Waals surface area contributed by atoms with Gasteiger partial charge in [-0.15, -0.1) is 12.4 Å². The monoisotopic (exact) mass is 545 g/mol. The summed E-state index contributed by atoms with van der Waals surface area (Å²) in [6.45, 7) is 17.2. The molecule has 0 radical (unpaired) electrons. The van der Waals surface area contributed by atoms with E-state index >= 15 is 0 Å².